The van der Waals surface area contributed by atoms with Gasteiger partial charge in [-0.1, -0.05) is 12.1 Å². The lowest BCUT2D eigenvalue weighted by Gasteiger charge is -2.33. The molecule has 0 bridgehead atoms. The lowest BCUT2D eigenvalue weighted by atomic mass is 9.87. The molecule has 1 aliphatic heterocycles. The smallest absolute Gasteiger partial charge is 0.160 e. The van der Waals surface area contributed by atoms with E-state index in [4.69, 9.17) is 4.74 Å². The van der Waals surface area contributed by atoms with Crippen LogP contribution in [0.2, 0.25) is 0 Å². The van der Waals surface area contributed by atoms with Crippen LogP contribution in [0.3, 0.4) is 0 Å². The quantitative estimate of drug-likeness (QED) is 0.851. The van der Waals surface area contributed by atoms with Crippen LogP contribution in [-0.4, -0.2) is 37.5 Å². The van der Waals surface area contributed by atoms with E-state index in [1.807, 2.05) is 19.1 Å². The standard InChI is InChI=1S/C19H24FNO2/c1-13-18(7-8-19(13)22)21(2)10-14-9-16(12-23-11-14)15-3-5-17(20)6-4-15/h3-6,14,16H,7-12H2,1-2H3. The van der Waals surface area contributed by atoms with E-state index in [2.05, 4.69) is 11.9 Å². The highest BCUT2D eigenvalue weighted by Crippen LogP contribution is 2.31. The molecular weight excluding hydrogens is 293 g/mol. The number of carbonyl (C=O) groups excluding carboxylic acids is 1. The number of ketones is 1. The summed E-state index contributed by atoms with van der Waals surface area (Å²) in [6.45, 7) is 4.28. The third-order valence-corrected chi connectivity index (χ3v) is 5.06. The molecule has 0 aromatic heterocycles. The second-order valence-electron chi connectivity index (χ2n) is 6.76. The van der Waals surface area contributed by atoms with Gasteiger partial charge < -0.3 is 9.64 Å². The Morgan fingerprint density at radius 3 is 2.61 bits per heavy atom. The van der Waals surface area contributed by atoms with Gasteiger partial charge in [-0.15, -0.1) is 0 Å². The molecule has 3 rings (SSSR count). The van der Waals surface area contributed by atoms with Gasteiger partial charge in [0.05, 0.1) is 13.2 Å². The van der Waals surface area contributed by atoms with E-state index in [0.717, 1.165) is 37.1 Å². The normalized spacial score (nSPS) is 25.1. The molecule has 1 aromatic rings. The summed E-state index contributed by atoms with van der Waals surface area (Å²) in [4.78, 5) is 13.9. The molecule has 1 saturated heterocycles. The highest BCUT2D eigenvalue weighted by atomic mass is 19.1. The molecule has 124 valence electrons. The van der Waals surface area contributed by atoms with Crippen molar-refractivity contribution in [1.29, 1.82) is 0 Å². The predicted octanol–water partition coefficient (Wildman–Crippen LogP) is 3.51. The van der Waals surface area contributed by atoms with E-state index >= 15 is 0 Å². The number of allylic oxidation sites excluding steroid dienone is 2. The number of carbonyl (C=O) groups is 1. The van der Waals surface area contributed by atoms with Gasteiger partial charge in [0.2, 0.25) is 0 Å². The summed E-state index contributed by atoms with van der Waals surface area (Å²) >= 11 is 0. The molecule has 1 aliphatic carbocycles. The maximum absolute atomic E-state index is 13.1. The molecule has 1 heterocycles. The fourth-order valence-electron chi connectivity index (χ4n) is 3.75. The fraction of sp³-hybridized carbons (Fsp3) is 0.526. The molecule has 1 fully saturated rings. The average molecular weight is 317 g/mol. The summed E-state index contributed by atoms with van der Waals surface area (Å²) in [7, 11) is 2.07. The Hall–Kier alpha value is -1.68. The lowest BCUT2D eigenvalue weighted by Crippen LogP contribution is -2.33. The van der Waals surface area contributed by atoms with E-state index in [0.29, 0.717) is 24.9 Å². The van der Waals surface area contributed by atoms with Gasteiger partial charge in [-0.25, -0.2) is 4.39 Å². The Morgan fingerprint density at radius 1 is 1.22 bits per heavy atom. The van der Waals surface area contributed by atoms with E-state index in [9.17, 15) is 9.18 Å². The van der Waals surface area contributed by atoms with Crippen molar-refractivity contribution in [3.8, 4) is 0 Å². The van der Waals surface area contributed by atoms with Crippen LogP contribution >= 0.6 is 0 Å². The van der Waals surface area contributed by atoms with Crippen molar-refractivity contribution in [2.45, 2.75) is 32.1 Å². The van der Waals surface area contributed by atoms with Crippen molar-refractivity contribution < 1.29 is 13.9 Å². The maximum Gasteiger partial charge on any atom is 0.160 e. The molecule has 0 saturated carbocycles. The molecular formula is C19H24FNO2. The number of hydrogen-bond acceptors (Lipinski definition) is 3. The minimum atomic E-state index is -0.199. The monoisotopic (exact) mass is 317 g/mol. The number of ether oxygens (including phenoxy) is 1. The highest BCUT2D eigenvalue weighted by molar-refractivity contribution is 5.97. The van der Waals surface area contributed by atoms with Crippen LogP contribution in [-0.2, 0) is 9.53 Å². The topological polar surface area (TPSA) is 29.5 Å². The number of halogens is 1. The van der Waals surface area contributed by atoms with Gasteiger partial charge >= 0.3 is 0 Å². The van der Waals surface area contributed by atoms with Crippen LogP contribution in [0, 0.1) is 11.7 Å². The number of benzene rings is 1. The predicted molar refractivity (Wildman–Crippen MR) is 87.6 cm³/mol. The SMILES string of the molecule is CC1=C(N(C)CC2COCC(c3ccc(F)cc3)C2)CCC1=O. The van der Waals surface area contributed by atoms with Crippen LogP contribution in [0.4, 0.5) is 4.39 Å². The second kappa shape index (κ2) is 6.83. The summed E-state index contributed by atoms with van der Waals surface area (Å²) in [5.74, 6) is 0.828. The van der Waals surface area contributed by atoms with Gasteiger partial charge in [-0.2, -0.15) is 0 Å². The summed E-state index contributed by atoms with van der Waals surface area (Å²) < 4.78 is 18.9. The summed E-state index contributed by atoms with van der Waals surface area (Å²) in [6.07, 6.45) is 2.54. The second-order valence-corrected chi connectivity index (χ2v) is 6.76. The Bertz CT molecular complexity index is 608. The molecule has 0 N–H and O–H groups in total. The fourth-order valence-corrected chi connectivity index (χ4v) is 3.75. The van der Waals surface area contributed by atoms with Crippen LogP contribution < -0.4 is 0 Å². The van der Waals surface area contributed by atoms with E-state index in [1.165, 1.54) is 17.8 Å². The number of nitrogens with zero attached hydrogens (tertiary/aromatic N) is 1. The Morgan fingerprint density at radius 2 is 1.96 bits per heavy atom. The lowest BCUT2D eigenvalue weighted by molar-refractivity contribution is -0.114. The average Bonchev–Trinajstić information content (AvgIpc) is 2.88. The van der Waals surface area contributed by atoms with Crippen molar-refractivity contribution in [2.24, 2.45) is 5.92 Å². The molecule has 0 amide bonds. The van der Waals surface area contributed by atoms with Gasteiger partial charge in [-0.05, 0) is 37.5 Å². The van der Waals surface area contributed by atoms with Gasteiger partial charge in [-0.3, -0.25) is 4.79 Å². The largest absolute Gasteiger partial charge is 0.380 e. The van der Waals surface area contributed by atoms with Crippen molar-refractivity contribution >= 4 is 5.78 Å². The first-order valence-electron chi connectivity index (χ1n) is 8.32. The van der Waals surface area contributed by atoms with Gasteiger partial charge in [0, 0.05) is 43.1 Å². The molecule has 0 radical (unpaired) electrons. The minimum absolute atomic E-state index is 0.199. The first-order chi connectivity index (χ1) is 11.0. The Balaban J connectivity index is 1.63. The Labute approximate surface area is 137 Å². The van der Waals surface area contributed by atoms with E-state index in [-0.39, 0.29) is 11.6 Å². The molecule has 4 heteroatoms. The third kappa shape index (κ3) is 3.63. The van der Waals surface area contributed by atoms with Crippen molar-refractivity contribution in [1.82, 2.24) is 4.90 Å². The van der Waals surface area contributed by atoms with E-state index in [1.54, 1.807) is 0 Å². The summed E-state index contributed by atoms with van der Waals surface area (Å²) in [5, 5.41) is 0. The van der Waals surface area contributed by atoms with Gasteiger partial charge in [0.15, 0.2) is 5.78 Å². The molecule has 2 atom stereocenters. The Kier molecular flexibility index (Phi) is 4.81. The molecule has 2 unspecified atom stereocenters. The molecule has 0 spiro atoms. The van der Waals surface area contributed by atoms with Crippen molar-refractivity contribution in [3.63, 3.8) is 0 Å². The molecule has 23 heavy (non-hydrogen) atoms. The van der Waals surface area contributed by atoms with Crippen LogP contribution in [0.15, 0.2) is 35.5 Å². The minimum Gasteiger partial charge on any atom is -0.380 e. The molecule has 1 aromatic carbocycles. The van der Waals surface area contributed by atoms with Crippen LogP contribution in [0.1, 0.15) is 37.7 Å². The number of rotatable bonds is 4. The zero-order chi connectivity index (χ0) is 16.4. The van der Waals surface area contributed by atoms with Crippen molar-refractivity contribution in [2.75, 3.05) is 26.8 Å². The van der Waals surface area contributed by atoms with Crippen LogP contribution in [0.5, 0.6) is 0 Å². The van der Waals surface area contributed by atoms with Crippen LogP contribution in [0.25, 0.3) is 0 Å². The first kappa shape index (κ1) is 16.2. The summed E-state index contributed by atoms with van der Waals surface area (Å²) in [5.41, 5.74) is 3.24. The first-order valence-corrected chi connectivity index (χ1v) is 8.32. The van der Waals surface area contributed by atoms with Gasteiger partial charge in [0.1, 0.15) is 5.82 Å². The van der Waals surface area contributed by atoms with Crippen molar-refractivity contribution in [3.05, 3.63) is 46.9 Å². The number of hydrogen-bond donors (Lipinski definition) is 0. The maximum atomic E-state index is 13.1. The third-order valence-electron chi connectivity index (χ3n) is 5.06. The molecule has 2 aliphatic rings. The summed E-state index contributed by atoms with van der Waals surface area (Å²) in [6, 6.07) is 6.75. The highest BCUT2D eigenvalue weighted by Gasteiger charge is 2.27. The zero-order valence-electron chi connectivity index (χ0n) is 13.8. The van der Waals surface area contributed by atoms with Gasteiger partial charge in [0.25, 0.3) is 0 Å². The zero-order valence-corrected chi connectivity index (χ0v) is 13.8. The number of Topliss-reactive ketones (excluding diaryl/α,β-unsaturated/α-hetero) is 1. The van der Waals surface area contributed by atoms with E-state index < -0.39 is 0 Å². The molecule has 3 nitrogen and oxygen atoms in total.